The molecule has 0 unspecified atom stereocenters. The summed E-state index contributed by atoms with van der Waals surface area (Å²) in [6.45, 7) is 7.11. The molecule has 0 fully saturated rings. The minimum atomic E-state index is -5.06. The first-order chi connectivity index (χ1) is 13.2. The maximum atomic E-state index is 13.1. The number of halogens is 1. The average Bonchev–Trinajstić information content (AvgIpc) is 3.05. The first-order valence-electron chi connectivity index (χ1n) is 8.19. The van der Waals surface area contributed by atoms with E-state index >= 15 is 0 Å². The maximum Gasteiger partial charge on any atom is 0.342 e. The Morgan fingerprint density at radius 3 is 2.36 bits per heavy atom. The molecule has 0 atom stereocenters. The third-order valence-corrected chi connectivity index (χ3v) is 5.68. The van der Waals surface area contributed by atoms with E-state index < -0.39 is 25.0 Å². The van der Waals surface area contributed by atoms with Gasteiger partial charge < -0.3 is 0 Å². The number of nitrogens with one attached hydrogen (secondary N) is 2. The molecule has 0 saturated carbocycles. The summed E-state index contributed by atoms with van der Waals surface area (Å²) < 4.78 is 34.3. The Morgan fingerprint density at radius 2 is 1.86 bits per heavy atom. The normalized spacial score (nSPS) is 11.9. The van der Waals surface area contributed by atoms with E-state index in [1.54, 1.807) is 24.2 Å². The Kier molecular flexibility index (Phi) is 7.12. The van der Waals surface area contributed by atoms with Gasteiger partial charge in [0.15, 0.2) is 4.21 Å². The Hall–Kier alpha value is -2.48. The van der Waals surface area contributed by atoms with E-state index in [1.165, 1.54) is 0 Å². The number of thiophene rings is 1. The van der Waals surface area contributed by atoms with Gasteiger partial charge in [0.05, 0.1) is 22.4 Å². The Bertz CT molecular complexity index is 986. The monoisotopic (exact) mass is 430 g/mol. The molecule has 28 heavy (non-hydrogen) atoms. The Morgan fingerprint density at radius 1 is 1.21 bits per heavy atom. The fraction of sp³-hybridized carbons (Fsp3) is 0.333. The first kappa shape index (κ1) is 21.8. The molecule has 2 N–H and O–H groups in total. The van der Waals surface area contributed by atoms with Gasteiger partial charge >= 0.3 is 15.9 Å². The van der Waals surface area contributed by atoms with Crippen molar-refractivity contribution in [2.45, 2.75) is 25.0 Å². The number of hydrogen-bond donors (Lipinski definition) is 2. The zero-order chi connectivity index (χ0) is 20.9. The van der Waals surface area contributed by atoms with Gasteiger partial charge in [-0.15, -0.1) is 10.2 Å². The van der Waals surface area contributed by atoms with E-state index in [0.29, 0.717) is 36.2 Å². The second-order valence-electron chi connectivity index (χ2n) is 5.48. The molecule has 0 aliphatic carbocycles. The van der Waals surface area contributed by atoms with Gasteiger partial charge in [-0.2, -0.15) is 8.42 Å². The smallest absolute Gasteiger partial charge is 0.258 e. The van der Waals surface area contributed by atoms with Crippen LogP contribution >= 0.6 is 11.3 Å². The highest BCUT2D eigenvalue weighted by Gasteiger charge is 2.26. The maximum absolute atomic E-state index is 13.1. The highest BCUT2D eigenvalue weighted by Crippen LogP contribution is 2.41. The molecule has 1 aromatic carbocycles. The van der Waals surface area contributed by atoms with Gasteiger partial charge in [-0.1, -0.05) is 29.1 Å². The van der Waals surface area contributed by atoms with Crippen molar-refractivity contribution >= 4 is 43.6 Å². The SMILES string of the molecule is CCNN(NCC)c1ccc(/N=N/c2sc(S(=O)(=O)F)cc2[N+](=O)[O-])c(C)c1. The van der Waals surface area contributed by atoms with Gasteiger partial charge in [-0.05, 0) is 30.7 Å². The van der Waals surface area contributed by atoms with E-state index in [-0.39, 0.29) is 5.00 Å². The molecule has 1 heterocycles. The third-order valence-electron chi connectivity index (χ3n) is 3.43. The van der Waals surface area contributed by atoms with Crippen LogP contribution in [0.2, 0.25) is 0 Å². The molecular formula is C15H19FN6O4S2. The topological polar surface area (TPSA) is 129 Å². The van der Waals surface area contributed by atoms with Crippen LogP contribution in [-0.4, -0.2) is 26.4 Å². The zero-order valence-electron chi connectivity index (χ0n) is 15.3. The molecular weight excluding hydrogens is 411 g/mol. The minimum absolute atomic E-state index is 0.299. The van der Waals surface area contributed by atoms with Crippen molar-refractivity contribution in [3.05, 3.63) is 39.9 Å². The van der Waals surface area contributed by atoms with Crippen molar-refractivity contribution in [3.8, 4) is 0 Å². The summed E-state index contributed by atoms with van der Waals surface area (Å²) in [5, 5.41) is 20.2. The summed E-state index contributed by atoms with van der Waals surface area (Å²) in [6, 6.07) is 5.91. The molecule has 13 heteroatoms. The number of azo groups is 1. The van der Waals surface area contributed by atoms with Crippen LogP contribution in [0.15, 0.2) is 38.7 Å². The lowest BCUT2D eigenvalue weighted by Crippen LogP contribution is -2.48. The summed E-state index contributed by atoms with van der Waals surface area (Å²) in [5.41, 5.74) is 7.66. The summed E-state index contributed by atoms with van der Waals surface area (Å²) in [5.74, 6) is 0. The van der Waals surface area contributed by atoms with Crippen LogP contribution in [0, 0.1) is 17.0 Å². The highest BCUT2D eigenvalue weighted by molar-refractivity contribution is 7.88. The van der Waals surface area contributed by atoms with Crippen molar-refractivity contribution in [3.63, 3.8) is 0 Å². The van der Waals surface area contributed by atoms with Gasteiger partial charge in [-0.3, -0.25) is 10.1 Å². The van der Waals surface area contributed by atoms with Crippen LogP contribution < -0.4 is 16.0 Å². The molecule has 0 saturated heterocycles. The first-order valence-corrected chi connectivity index (χ1v) is 10.4. The lowest BCUT2D eigenvalue weighted by molar-refractivity contribution is -0.383. The molecule has 152 valence electrons. The van der Waals surface area contributed by atoms with Gasteiger partial charge in [-0.25, -0.2) is 16.0 Å². The van der Waals surface area contributed by atoms with Gasteiger partial charge in [0.1, 0.15) is 0 Å². The average molecular weight is 430 g/mol. The number of hydrogen-bond acceptors (Lipinski definition) is 10. The van der Waals surface area contributed by atoms with Gasteiger partial charge in [0, 0.05) is 13.1 Å². The van der Waals surface area contributed by atoms with E-state index in [4.69, 9.17) is 0 Å². The fourth-order valence-electron chi connectivity index (χ4n) is 2.22. The lowest BCUT2D eigenvalue weighted by Gasteiger charge is -2.25. The van der Waals surface area contributed by atoms with E-state index in [0.717, 1.165) is 11.3 Å². The number of nitro groups is 1. The predicted molar refractivity (Wildman–Crippen MR) is 104 cm³/mol. The predicted octanol–water partition coefficient (Wildman–Crippen LogP) is 3.89. The van der Waals surface area contributed by atoms with E-state index in [2.05, 4.69) is 21.1 Å². The Balaban J connectivity index is 2.34. The van der Waals surface area contributed by atoms with Crippen LogP contribution in [-0.2, 0) is 10.2 Å². The van der Waals surface area contributed by atoms with Gasteiger partial charge in [0.2, 0.25) is 5.00 Å². The largest absolute Gasteiger partial charge is 0.342 e. The molecule has 0 spiro atoms. The zero-order valence-corrected chi connectivity index (χ0v) is 17.0. The summed E-state index contributed by atoms with van der Waals surface area (Å²) in [4.78, 5) is 10.2. The summed E-state index contributed by atoms with van der Waals surface area (Å²) in [6.07, 6.45) is 0. The van der Waals surface area contributed by atoms with Crippen LogP contribution in [0.3, 0.4) is 0 Å². The molecule has 0 bridgehead atoms. The van der Waals surface area contributed by atoms with Crippen LogP contribution in [0.4, 0.5) is 25.9 Å². The molecule has 1 aromatic heterocycles. The second-order valence-corrected chi connectivity index (χ2v) is 8.08. The molecule has 0 aliphatic heterocycles. The van der Waals surface area contributed by atoms with Crippen LogP contribution in [0.25, 0.3) is 0 Å². The highest BCUT2D eigenvalue weighted by atomic mass is 32.3. The standard InChI is InChI=1S/C15H19FN6O4S2/c1-4-17-21(18-5-2)11-6-7-12(10(3)8-11)19-20-15-13(22(23)24)9-14(27-15)28(16,25)26/h6-9,17-18H,4-5H2,1-3H3/b20-19+. The van der Waals surface area contributed by atoms with Crippen molar-refractivity contribution in [2.24, 2.45) is 10.2 Å². The van der Waals surface area contributed by atoms with Gasteiger partial charge in [0.25, 0.3) is 0 Å². The molecule has 2 rings (SSSR count). The molecule has 10 nitrogen and oxygen atoms in total. The van der Waals surface area contributed by atoms with Crippen LogP contribution in [0.1, 0.15) is 19.4 Å². The number of hydrazine groups is 2. The number of benzene rings is 1. The van der Waals surface area contributed by atoms with Crippen molar-refractivity contribution in [1.29, 1.82) is 0 Å². The molecule has 0 radical (unpaired) electrons. The van der Waals surface area contributed by atoms with Crippen LogP contribution in [0.5, 0.6) is 0 Å². The molecule has 0 aliphatic rings. The minimum Gasteiger partial charge on any atom is -0.258 e. The second kappa shape index (κ2) is 9.14. The third kappa shape index (κ3) is 5.28. The summed E-state index contributed by atoms with van der Waals surface area (Å²) >= 11 is 0.348. The lowest BCUT2D eigenvalue weighted by atomic mass is 10.2. The molecule has 2 aromatic rings. The van der Waals surface area contributed by atoms with E-state index in [9.17, 15) is 22.4 Å². The quantitative estimate of drug-likeness (QED) is 0.267. The number of aryl methyl sites for hydroxylation is 1. The van der Waals surface area contributed by atoms with Crippen molar-refractivity contribution in [2.75, 3.05) is 18.2 Å². The Labute approximate surface area is 165 Å². The number of nitrogens with zero attached hydrogens (tertiary/aromatic N) is 4. The van der Waals surface area contributed by atoms with Crippen molar-refractivity contribution in [1.82, 2.24) is 10.9 Å². The number of rotatable bonds is 9. The summed E-state index contributed by atoms with van der Waals surface area (Å²) in [7, 11) is -5.06. The van der Waals surface area contributed by atoms with E-state index in [1.807, 2.05) is 19.9 Å². The fourth-order valence-corrected chi connectivity index (χ4v) is 3.79. The molecule has 0 amide bonds. The number of anilines is 1. The van der Waals surface area contributed by atoms with Crippen molar-refractivity contribution < 1.29 is 17.2 Å².